The Morgan fingerprint density at radius 1 is 1.25 bits per heavy atom. The molecule has 4 nitrogen and oxygen atoms in total. The summed E-state index contributed by atoms with van der Waals surface area (Å²) in [5, 5.41) is 12.0. The van der Waals surface area contributed by atoms with E-state index in [0.717, 1.165) is 19.3 Å². The van der Waals surface area contributed by atoms with Crippen molar-refractivity contribution in [3.05, 3.63) is 28.2 Å². The van der Waals surface area contributed by atoms with Crippen LogP contribution in [0.2, 0.25) is 0 Å². The summed E-state index contributed by atoms with van der Waals surface area (Å²) in [4.78, 5) is 23.6. The molecule has 3 atom stereocenters. The van der Waals surface area contributed by atoms with E-state index in [1.165, 1.54) is 12.5 Å². The number of carbonyl (C=O) groups is 2. The monoisotopic (exact) mass is 337 g/mol. The molecule has 2 bridgehead atoms. The van der Waals surface area contributed by atoms with E-state index in [1.807, 2.05) is 0 Å². The Kier molecular flexibility index (Phi) is 3.54. The van der Waals surface area contributed by atoms with E-state index >= 15 is 0 Å². The lowest BCUT2D eigenvalue weighted by Gasteiger charge is -2.21. The van der Waals surface area contributed by atoms with Crippen LogP contribution in [0.1, 0.15) is 36.0 Å². The predicted molar refractivity (Wildman–Crippen MR) is 78.7 cm³/mol. The van der Waals surface area contributed by atoms with Gasteiger partial charge >= 0.3 is 5.97 Å². The molecule has 0 radical (unpaired) electrons. The number of fused-ring (bicyclic) bond motifs is 2. The second-order valence-corrected chi connectivity index (χ2v) is 6.59. The van der Waals surface area contributed by atoms with Gasteiger partial charge in [-0.05, 0) is 59.2 Å². The second-order valence-electron chi connectivity index (χ2n) is 5.74. The Bertz CT molecular complexity index is 572. The van der Waals surface area contributed by atoms with Crippen molar-refractivity contribution in [1.29, 1.82) is 0 Å². The number of anilines is 1. The first-order chi connectivity index (χ1) is 9.56. The molecule has 2 aliphatic carbocycles. The van der Waals surface area contributed by atoms with Gasteiger partial charge in [0.05, 0.1) is 11.3 Å². The molecule has 3 rings (SSSR count). The van der Waals surface area contributed by atoms with Gasteiger partial charge in [0, 0.05) is 10.4 Å². The van der Waals surface area contributed by atoms with Crippen molar-refractivity contribution >= 4 is 33.5 Å². The van der Waals surface area contributed by atoms with Crippen molar-refractivity contribution in [2.45, 2.75) is 25.7 Å². The van der Waals surface area contributed by atoms with Crippen LogP contribution in [-0.4, -0.2) is 17.0 Å². The Hall–Kier alpha value is -1.36. The molecular formula is C15H16BrNO3. The number of carboxylic acid groups (broad SMARTS) is 1. The maximum atomic E-state index is 12.4. The highest BCUT2D eigenvalue weighted by Gasteiger charge is 2.43. The molecular weight excluding hydrogens is 322 g/mol. The number of aromatic carboxylic acids is 1. The number of nitrogens with one attached hydrogen (secondary N) is 1. The van der Waals surface area contributed by atoms with Crippen LogP contribution in [0.25, 0.3) is 0 Å². The number of hydrogen-bond acceptors (Lipinski definition) is 2. The molecule has 1 aromatic carbocycles. The summed E-state index contributed by atoms with van der Waals surface area (Å²) < 4.78 is 0.605. The normalized spacial score (nSPS) is 27.6. The summed E-state index contributed by atoms with van der Waals surface area (Å²) in [6.45, 7) is 0. The Morgan fingerprint density at radius 2 is 2.05 bits per heavy atom. The fourth-order valence-electron chi connectivity index (χ4n) is 3.61. The summed E-state index contributed by atoms with van der Waals surface area (Å²) in [5.41, 5.74) is 0.489. The van der Waals surface area contributed by atoms with Crippen molar-refractivity contribution < 1.29 is 14.7 Å². The van der Waals surface area contributed by atoms with Crippen LogP contribution < -0.4 is 5.32 Å². The molecule has 5 heteroatoms. The summed E-state index contributed by atoms with van der Waals surface area (Å²) in [7, 11) is 0. The topological polar surface area (TPSA) is 66.4 Å². The molecule has 106 valence electrons. The zero-order valence-electron chi connectivity index (χ0n) is 10.9. The van der Waals surface area contributed by atoms with E-state index in [4.69, 9.17) is 0 Å². The quantitative estimate of drug-likeness (QED) is 0.886. The van der Waals surface area contributed by atoms with Gasteiger partial charge in [0.2, 0.25) is 5.91 Å². The lowest BCUT2D eigenvalue weighted by Crippen LogP contribution is -2.28. The number of carbonyl (C=O) groups excluding carboxylic acids is 1. The maximum Gasteiger partial charge on any atom is 0.337 e. The highest BCUT2D eigenvalue weighted by atomic mass is 79.9. The highest BCUT2D eigenvalue weighted by Crippen LogP contribution is 2.48. The van der Waals surface area contributed by atoms with Crippen LogP contribution in [-0.2, 0) is 4.79 Å². The SMILES string of the molecule is O=C(O)c1cccc(Br)c1NC(=O)C1CC2CCC1C2. The van der Waals surface area contributed by atoms with Crippen LogP contribution in [0.15, 0.2) is 22.7 Å². The smallest absolute Gasteiger partial charge is 0.337 e. The minimum Gasteiger partial charge on any atom is -0.478 e. The number of benzene rings is 1. The molecule has 0 heterocycles. The minimum absolute atomic E-state index is 0.0356. The minimum atomic E-state index is -1.03. The Balaban J connectivity index is 1.81. The maximum absolute atomic E-state index is 12.4. The van der Waals surface area contributed by atoms with Crippen LogP contribution in [0.3, 0.4) is 0 Å². The van der Waals surface area contributed by atoms with E-state index < -0.39 is 5.97 Å². The van der Waals surface area contributed by atoms with Gasteiger partial charge in [-0.2, -0.15) is 0 Å². The molecule has 3 unspecified atom stereocenters. The van der Waals surface area contributed by atoms with Crippen molar-refractivity contribution in [3.8, 4) is 0 Å². The van der Waals surface area contributed by atoms with E-state index in [0.29, 0.717) is 22.0 Å². The molecule has 2 saturated carbocycles. The van der Waals surface area contributed by atoms with Gasteiger partial charge in [-0.15, -0.1) is 0 Å². The first kappa shape index (κ1) is 13.6. The molecule has 0 spiro atoms. The van der Waals surface area contributed by atoms with Gasteiger partial charge in [-0.1, -0.05) is 12.5 Å². The third kappa shape index (κ3) is 2.35. The standard InChI is InChI=1S/C15H16BrNO3/c16-12-3-1-2-10(15(19)20)13(12)17-14(18)11-7-8-4-5-9(11)6-8/h1-3,8-9,11H,4-7H2,(H,17,18)(H,19,20). The summed E-state index contributed by atoms with van der Waals surface area (Å²) >= 11 is 3.32. The molecule has 2 N–H and O–H groups in total. The highest BCUT2D eigenvalue weighted by molar-refractivity contribution is 9.10. The third-order valence-corrected chi connectivity index (χ3v) is 5.23. The fraction of sp³-hybridized carbons (Fsp3) is 0.467. The number of carboxylic acids is 1. The second kappa shape index (κ2) is 5.20. The first-order valence-electron chi connectivity index (χ1n) is 6.89. The summed E-state index contributed by atoms with van der Waals surface area (Å²) in [6, 6.07) is 4.90. The molecule has 2 fully saturated rings. The van der Waals surface area contributed by atoms with Crippen LogP contribution in [0, 0.1) is 17.8 Å². The van der Waals surface area contributed by atoms with Gasteiger partial charge in [-0.25, -0.2) is 4.79 Å². The number of hydrogen-bond donors (Lipinski definition) is 2. The first-order valence-corrected chi connectivity index (χ1v) is 7.68. The van der Waals surface area contributed by atoms with Crippen molar-refractivity contribution in [3.63, 3.8) is 0 Å². The van der Waals surface area contributed by atoms with Gasteiger partial charge in [0.15, 0.2) is 0 Å². The molecule has 2 aliphatic rings. The third-order valence-electron chi connectivity index (χ3n) is 4.57. The average Bonchev–Trinajstić information content (AvgIpc) is 3.03. The van der Waals surface area contributed by atoms with Crippen molar-refractivity contribution in [2.24, 2.45) is 17.8 Å². The van der Waals surface area contributed by atoms with E-state index in [2.05, 4.69) is 21.2 Å². The van der Waals surface area contributed by atoms with Crippen LogP contribution in [0.5, 0.6) is 0 Å². The molecule has 20 heavy (non-hydrogen) atoms. The van der Waals surface area contributed by atoms with E-state index in [9.17, 15) is 14.7 Å². The fourth-order valence-corrected chi connectivity index (χ4v) is 4.08. The molecule has 0 saturated heterocycles. The van der Waals surface area contributed by atoms with E-state index in [-0.39, 0.29) is 17.4 Å². The summed E-state index contributed by atoms with van der Waals surface area (Å²) in [6.07, 6.45) is 4.47. The Labute approximate surface area is 125 Å². The molecule has 1 aromatic rings. The van der Waals surface area contributed by atoms with Gasteiger partial charge < -0.3 is 10.4 Å². The lowest BCUT2D eigenvalue weighted by molar-refractivity contribution is -0.121. The summed E-state index contributed by atoms with van der Waals surface area (Å²) in [5.74, 6) is 0.147. The van der Waals surface area contributed by atoms with Crippen molar-refractivity contribution in [2.75, 3.05) is 5.32 Å². The van der Waals surface area contributed by atoms with Crippen LogP contribution in [0.4, 0.5) is 5.69 Å². The van der Waals surface area contributed by atoms with E-state index in [1.54, 1.807) is 12.1 Å². The van der Waals surface area contributed by atoms with Crippen molar-refractivity contribution in [1.82, 2.24) is 0 Å². The number of halogens is 1. The number of rotatable bonds is 3. The van der Waals surface area contributed by atoms with Gasteiger partial charge in [0.1, 0.15) is 0 Å². The largest absolute Gasteiger partial charge is 0.478 e. The van der Waals surface area contributed by atoms with Gasteiger partial charge in [-0.3, -0.25) is 4.79 Å². The average molecular weight is 338 g/mol. The Morgan fingerprint density at radius 3 is 2.65 bits per heavy atom. The lowest BCUT2D eigenvalue weighted by atomic mass is 9.88. The number of amides is 1. The molecule has 0 aromatic heterocycles. The van der Waals surface area contributed by atoms with Crippen LogP contribution >= 0.6 is 15.9 Å². The molecule has 0 aliphatic heterocycles. The zero-order valence-corrected chi connectivity index (χ0v) is 12.5. The predicted octanol–water partition coefficient (Wildman–Crippen LogP) is 3.52. The molecule has 1 amide bonds. The number of para-hydroxylation sites is 1. The van der Waals surface area contributed by atoms with Gasteiger partial charge in [0.25, 0.3) is 0 Å². The zero-order chi connectivity index (χ0) is 14.3.